The van der Waals surface area contributed by atoms with E-state index in [1.54, 1.807) is 48.5 Å². The first-order valence-corrected chi connectivity index (χ1v) is 13.6. The molecule has 0 amide bonds. The molecule has 2 N–H and O–H groups in total. The second-order valence-electron chi connectivity index (χ2n) is 10.3. The van der Waals surface area contributed by atoms with E-state index in [4.69, 9.17) is 4.74 Å². The van der Waals surface area contributed by atoms with E-state index in [9.17, 15) is 27.9 Å². The number of nitrogens with zero attached hydrogens (tertiary/aromatic N) is 1. The number of H-pyrrole nitrogens is 1. The van der Waals surface area contributed by atoms with Crippen LogP contribution in [-0.2, 0) is 18.2 Å². The lowest BCUT2D eigenvalue weighted by molar-refractivity contribution is 0.0502. The van der Waals surface area contributed by atoms with E-state index in [0.717, 1.165) is 30.3 Å². The zero-order valence-electron chi connectivity index (χ0n) is 23.2. The van der Waals surface area contributed by atoms with Gasteiger partial charge in [0, 0.05) is 41.0 Å². The molecule has 222 valence electrons. The molecule has 0 radical (unpaired) electrons. The van der Waals surface area contributed by atoms with Gasteiger partial charge in [-0.2, -0.15) is 0 Å². The minimum atomic E-state index is -1.34. The minimum Gasteiger partial charge on any atom is -0.507 e. The molecule has 0 bridgehead atoms. The van der Waals surface area contributed by atoms with Crippen LogP contribution in [0, 0.1) is 23.3 Å². The summed E-state index contributed by atoms with van der Waals surface area (Å²) in [6, 6.07) is 19.7. The van der Waals surface area contributed by atoms with Gasteiger partial charge in [0.05, 0.1) is 29.2 Å². The molecule has 0 aliphatic carbocycles. The Kier molecular flexibility index (Phi) is 7.42. The summed E-state index contributed by atoms with van der Waals surface area (Å²) in [7, 11) is 1.52. The predicted molar refractivity (Wildman–Crippen MR) is 157 cm³/mol. The summed E-state index contributed by atoms with van der Waals surface area (Å²) in [5, 5.41) is 12.5. The second kappa shape index (κ2) is 11.4. The smallest absolute Gasteiger partial charge is 0.341 e. The van der Waals surface area contributed by atoms with Gasteiger partial charge in [0.2, 0.25) is 0 Å². The number of aromatic nitrogens is 2. The third kappa shape index (κ3) is 4.88. The molecular formula is C34H24F4N2O4. The zero-order valence-corrected chi connectivity index (χ0v) is 23.2. The SMILES string of the molecule is Cn1c(=O)c(C(c2cc(F)ccc2F)c2[nH]c3ccccc3c2CCOC(=O)c2cccc(F)c2F)c(O)c2ccccc21. The molecular weight excluding hydrogens is 576 g/mol. The number of hydrogen-bond acceptors (Lipinski definition) is 4. The maximum atomic E-state index is 15.6. The van der Waals surface area contributed by atoms with Crippen LogP contribution in [0.5, 0.6) is 5.75 Å². The molecule has 0 aliphatic rings. The highest BCUT2D eigenvalue weighted by Crippen LogP contribution is 2.42. The monoisotopic (exact) mass is 600 g/mol. The average molecular weight is 601 g/mol. The van der Waals surface area contributed by atoms with Crippen molar-refractivity contribution in [2.75, 3.05) is 6.61 Å². The third-order valence-electron chi connectivity index (χ3n) is 7.76. The Morgan fingerprint density at radius 3 is 2.43 bits per heavy atom. The molecule has 44 heavy (non-hydrogen) atoms. The number of nitrogens with one attached hydrogen (secondary N) is 1. The number of ether oxygens (including phenoxy) is 1. The molecule has 0 spiro atoms. The summed E-state index contributed by atoms with van der Waals surface area (Å²) < 4.78 is 64.7. The van der Waals surface area contributed by atoms with Gasteiger partial charge >= 0.3 is 5.97 Å². The van der Waals surface area contributed by atoms with E-state index in [1.165, 1.54) is 17.7 Å². The number of hydrogen-bond donors (Lipinski definition) is 2. The van der Waals surface area contributed by atoms with Gasteiger partial charge in [0.25, 0.3) is 5.56 Å². The summed E-state index contributed by atoms with van der Waals surface area (Å²) in [4.78, 5) is 29.7. The first-order chi connectivity index (χ1) is 21.2. The number of halogens is 4. The Balaban J connectivity index is 1.53. The highest BCUT2D eigenvalue weighted by atomic mass is 19.2. The highest BCUT2D eigenvalue weighted by molar-refractivity contribution is 5.90. The maximum absolute atomic E-state index is 15.6. The molecule has 4 aromatic carbocycles. The fourth-order valence-corrected chi connectivity index (χ4v) is 5.68. The number of para-hydroxylation sites is 2. The number of pyridine rings is 1. The van der Waals surface area contributed by atoms with Crippen LogP contribution < -0.4 is 5.56 Å². The van der Waals surface area contributed by atoms with Gasteiger partial charge < -0.3 is 19.4 Å². The Bertz CT molecular complexity index is 2140. The van der Waals surface area contributed by atoms with Crippen LogP contribution in [0.15, 0.2) is 89.7 Å². The second-order valence-corrected chi connectivity index (χ2v) is 10.3. The fourth-order valence-electron chi connectivity index (χ4n) is 5.68. The van der Waals surface area contributed by atoms with E-state index in [0.29, 0.717) is 27.4 Å². The number of esters is 1. The van der Waals surface area contributed by atoms with Gasteiger partial charge in [-0.25, -0.2) is 22.4 Å². The number of aromatic amines is 1. The number of benzene rings is 4. The van der Waals surface area contributed by atoms with Crippen LogP contribution in [0.25, 0.3) is 21.8 Å². The fraction of sp³-hybridized carbons (Fsp3) is 0.118. The van der Waals surface area contributed by atoms with Gasteiger partial charge in [0.1, 0.15) is 17.4 Å². The third-order valence-corrected chi connectivity index (χ3v) is 7.76. The van der Waals surface area contributed by atoms with Gasteiger partial charge in [-0.05, 0) is 54.1 Å². The minimum absolute atomic E-state index is 0.00981. The first-order valence-electron chi connectivity index (χ1n) is 13.6. The van der Waals surface area contributed by atoms with Crippen LogP contribution in [0.1, 0.15) is 38.7 Å². The van der Waals surface area contributed by atoms with Gasteiger partial charge in [-0.3, -0.25) is 4.79 Å². The van der Waals surface area contributed by atoms with Crippen molar-refractivity contribution in [3.63, 3.8) is 0 Å². The Labute approximate surface area is 247 Å². The van der Waals surface area contributed by atoms with Gasteiger partial charge in [-0.15, -0.1) is 0 Å². The van der Waals surface area contributed by atoms with Crippen LogP contribution in [0.3, 0.4) is 0 Å². The molecule has 0 aliphatic heterocycles. The Morgan fingerprint density at radius 1 is 0.909 bits per heavy atom. The number of aromatic hydroxyl groups is 1. The topological polar surface area (TPSA) is 84.3 Å². The lowest BCUT2D eigenvalue weighted by Crippen LogP contribution is -2.26. The van der Waals surface area contributed by atoms with Crippen molar-refractivity contribution in [3.05, 3.63) is 146 Å². The van der Waals surface area contributed by atoms with E-state index < -0.39 is 52.0 Å². The summed E-state index contributed by atoms with van der Waals surface area (Å²) in [6.45, 7) is -0.302. The number of carbonyl (C=O) groups excluding carboxylic acids is 1. The van der Waals surface area contributed by atoms with Crippen molar-refractivity contribution in [1.82, 2.24) is 9.55 Å². The van der Waals surface area contributed by atoms with E-state index in [-0.39, 0.29) is 29.8 Å². The molecule has 6 aromatic rings. The van der Waals surface area contributed by atoms with Gasteiger partial charge in [0.15, 0.2) is 11.6 Å². The van der Waals surface area contributed by atoms with E-state index in [1.807, 2.05) is 0 Å². The molecule has 0 saturated carbocycles. The Hall–Kier alpha value is -5.38. The van der Waals surface area contributed by atoms with Crippen LogP contribution >= 0.6 is 0 Å². The van der Waals surface area contributed by atoms with Crippen LogP contribution in [0.2, 0.25) is 0 Å². The normalized spacial score (nSPS) is 12.1. The number of rotatable bonds is 7. The molecule has 0 fully saturated rings. The van der Waals surface area contributed by atoms with E-state index >= 15 is 4.39 Å². The molecule has 10 heteroatoms. The highest BCUT2D eigenvalue weighted by Gasteiger charge is 2.32. The molecule has 2 aromatic heterocycles. The van der Waals surface area contributed by atoms with Crippen molar-refractivity contribution < 1.29 is 32.2 Å². The summed E-state index contributed by atoms with van der Waals surface area (Å²) >= 11 is 0. The molecule has 2 heterocycles. The van der Waals surface area contributed by atoms with Crippen molar-refractivity contribution in [2.24, 2.45) is 7.05 Å². The predicted octanol–water partition coefficient (Wildman–Crippen LogP) is 6.86. The molecule has 6 nitrogen and oxygen atoms in total. The van der Waals surface area contributed by atoms with Crippen molar-refractivity contribution in [3.8, 4) is 5.75 Å². The van der Waals surface area contributed by atoms with Crippen molar-refractivity contribution in [2.45, 2.75) is 12.3 Å². The van der Waals surface area contributed by atoms with Crippen LogP contribution in [-0.4, -0.2) is 27.2 Å². The Morgan fingerprint density at radius 2 is 1.64 bits per heavy atom. The zero-order chi connectivity index (χ0) is 31.1. The standard InChI is InChI=1S/C34H24F4N2O4/c1-40-27-12-5-3-8-21(27)32(41)29(33(40)42)28(23-17-18(35)13-14-24(23)36)31-20(19-7-2-4-11-26(19)39-31)15-16-44-34(43)22-9-6-10-25(37)30(22)38/h2-14,17,28,39,41H,15-16H2,1H3. The summed E-state index contributed by atoms with van der Waals surface area (Å²) in [6.07, 6.45) is -0.00981. The van der Waals surface area contributed by atoms with Crippen LogP contribution in [0.4, 0.5) is 17.6 Å². The van der Waals surface area contributed by atoms with Gasteiger partial charge in [-0.1, -0.05) is 36.4 Å². The maximum Gasteiger partial charge on any atom is 0.341 e. The molecule has 1 atom stereocenters. The first kappa shape index (κ1) is 28.7. The molecule has 0 saturated heterocycles. The average Bonchev–Trinajstić information content (AvgIpc) is 3.38. The number of aryl methyl sites for hydroxylation is 1. The van der Waals surface area contributed by atoms with Crippen molar-refractivity contribution >= 4 is 27.8 Å². The molecule has 6 rings (SSSR count). The summed E-state index contributed by atoms with van der Waals surface area (Å²) in [5.41, 5.74) is 0.148. The quantitative estimate of drug-likeness (QED) is 0.155. The van der Waals surface area contributed by atoms with E-state index in [2.05, 4.69) is 4.98 Å². The largest absolute Gasteiger partial charge is 0.507 e. The van der Waals surface area contributed by atoms with Crippen molar-refractivity contribution in [1.29, 1.82) is 0 Å². The summed E-state index contributed by atoms with van der Waals surface area (Å²) in [5.74, 6) is -6.92. The number of carbonyl (C=O) groups is 1. The molecule has 1 unspecified atom stereocenters. The lowest BCUT2D eigenvalue weighted by Gasteiger charge is -2.22. The number of fused-ring (bicyclic) bond motifs is 2. The lowest BCUT2D eigenvalue weighted by atomic mass is 9.84.